The van der Waals surface area contributed by atoms with E-state index in [0.717, 1.165) is 37.7 Å². The van der Waals surface area contributed by atoms with Crippen molar-refractivity contribution in [3.63, 3.8) is 0 Å². The van der Waals surface area contributed by atoms with Crippen LogP contribution in [-0.4, -0.2) is 47.8 Å². The second-order valence-corrected chi connectivity index (χ2v) is 7.92. The fourth-order valence-electron chi connectivity index (χ4n) is 4.72. The lowest BCUT2D eigenvalue weighted by Crippen LogP contribution is -2.49. The summed E-state index contributed by atoms with van der Waals surface area (Å²) in [6.45, 7) is 2.49. The number of furan rings is 1. The summed E-state index contributed by atoms with van der Waals surface area (Å²) >= 11 is 0. The van der Waals surface area contributed by atoms with Crippen LogP contribution in [0.5, 0.6) is 0 Å². The van der Waals surface area contributed by atoms with Crippen molar-refractivity contribution < 1.29 is 14.0 Å². The summed E-state index contributed by atoms with van der Waals surface area (Å²) in [5.41, 5.74) is 0.743. The number of hydrogen-bond acceptors (Lipinski definition) is 3. The molecule has 148 valence electrons. The molecule has 1 saturated carbocycles. The van der Waals surface area contributed by atoms with Gasteiger partial charge in [0.15, 0.2) is 5.76 Å². The van der Waals surface area contributed by atoms with E-state index >= 15 is 0 Å². The minimum Gasteiger partial charge on any atom is -0.459 e. The van der Waals surface area contributed by atoms with Crippen molar-refractivity contribution in [1.82, 2.24) is 9.80 Å². The Bertz CT molecular complexity index is 795. The quantitative estimate of drug-likeness (QED) is 0.813. The maximum atomic E-state index is 13.7. The van der Waals surface area contributed by atoms with Gasteiger partial charge in [-0.3, -0.25) is 9.59 Å². The van der Waals surface area contributed by atoms with Gasteiger partial charge in [0, 0.05) is 26.2 Å². The van der Waals surface area contributed by atoms with Crippen molar-refractivity contribution in [3.05, 3.63) is 60.1 Å². The molecule has 0 unspecified atom stereocenters. The first-order valence-corrected chi connectivity index (χ1v) is 10.4. The second-order valence-electron chi connectivity index (χ2n) is 7.92. The molecule has 2 fully saturated rings. The summed E-state index contributed by atoms with van der Waals surface area (Å²) in [4.78, 5) is 30.1. The topological polar surface area (TPSA) is 53.8 Å². The number of nitrogens with zero attached hydrogens (tertiary/aromatic N) is 2. The maximum Gasteiger partial charge on any atom is 0.289 e. The number of carbonyl (C=O) groups excluding carboxylic acids is 2. The molecular formula is C23H28N2O3. The van der Waals surface area contributed by atoms with Gasteiger partial charge in [-0.2, -0.15) is 0 Å². The lowest BCUT2D eigenvalue weighted by Gasteiger charge is -2.40. The smallest absolute Gasteiger partial charge is 0.289 e. The van der Waals surface area contributed by atoms with Crippen LogP contribution in [0.3, 0.4) is 0 Å². The molecule has 1 aromatic carbocycles. The van der Waals surface area contributed by atoms with E-state index in [1.54, 1.807) is 12.1 Å². The van der Waals surface area contributed by atoms with E-state index in [4.69, 9.17) is 4.42 Å². The Labute approximate surface area is 166 Å². The zero-order valence-electron chi connectivity index (χ0n) is 16.3. The van der Waals surface area contributed by atoms with Crippen LogP contribution in [0.2, 0.25) is 0 Å². The first-order chi connectivity index (χ1) is 13.7. The molecule has 0 radical (unpaired) electrons. The highest BCUT2D eigenvalue weighted by molar-refractivity contribution is 5.92. The molecule has 0 bridgehead atoms. The normalized spacial score (nSPS) is 19.9. The molecule has 5 heteroatoms. The van der Waals surface area contributed by atoms with Crippen LogP contribution in [0.1, 0.15) is 54.6 Å². The molecule has 2 amide bonds. The van der Waals surface area contributed by atoms with Crippen LogP contribution in [-0.2, 0) is 10.2 Å². The summed E-state index contributed by atoms with van der Waals surface area (Å²) in [5.74, 6) is 0.522. The van der Waals surface area contributed by atoms with Gasteiger partial charge in [-0.15, -0.1) is 0 Å². The lowest BCUT2D eigenvalue weighted by atomic mass is 9.68. The van der Waals surface area contributed by atoms with Gasteiger partial charge in [-0.25, -0.2) is 0 Å². The minimum atomic E-state index is -0.403. The highest BCUT2D eigenvalue weighted by Crippen LogP contribution is 2.41. The third-order valence-electron chi connectivity index (χ3n) is 6.25. The van der Waals surface area contributed by atoms with Gasteiger partial charge < -0.3 is 14.2 Å². The van der Waals surface area contributed by atoms with Crippen molar-refractivity contribution in [2.24, 2.45) is 0 Å². The van der Waals surface area contributed by atoms with Crippen molar-refractivity contribution >= 4 is 11.8 Å². The number of benzene rings is 1. The van der Waals surface area contributed by atoms with Crippen LogP contribution in [0.15, 0.2) is 53.1 Å². The largest absolute Gasteiger partial charge is 0.459 e. The van der Waals surface area contributed by atoms with Gasteiger partial charge in [0.2, 0.25) is 5.91 Å². The Kier molecular flexibility index (Phi) is 5.51. The van der Waals surface area contributed by atoms with E-state index in [2.05, 4.69) is 12.1 Å². The molecule has 0 N–H and O–H groups in total. The molecule has 1 aliphatic carbocycles. The molecule has 1 aliphatic heterocycles. The van der Waals surface area contributed by atoms with E-state index < -0.39 is 5.41 Å². The molecule has 2 heterocycles. The Hall–Kier alpha value is -2.56. The van der Waals surface area contributed by atoms with Crippen molar-refractivity contribution in [1.29, 1.82) is 0 Å². The van der Waals surface area contributed by atoms with E-state index in [9.17, 15) is 9.59 Å². The molecule has 0 spiro atoms. The van der Waals surface area contributed by atoms with Crippen LogP contribution < -0.4 is 0 Å². The average Bonchev–Trinajstić information content (AvgIpc) is 3.18. The van der Waals surface area contributed by atoms with Crippen molar-refractivity contribution in [2.75, 3.05) is 26.2 Å². The van der Waals surface area contributed by atoms with E-state index in [-0.39, 0.29) is 11.8 Å². The predicted molar refractivity (Wildman–Crippen MR) is 107 cm³/mol. The zero-order valence-corrected chi connectivity index (χ0v) is 16.3. The first kappa shape index (κ1) is 18.8. The minimum absolute atomic E-state index is 0.0882. The van der Waals surface area contributed by atoms with E-state index in [1.807, 2.05) is 28.0 Å². The molecule has 2 aromatic rings. The van der Waals surface area contributed by atoms with Gasteiger partial charge in [-0.1, -0.05) is 49.6 Å². The Morgan fingerprint density at radius 3 is 2.21 bits per heavy atom. The van der Waals surface area contributed by atoms with E-state index in [1.165, 1.54) is 12.7 Å². The second kappa shape index (κ2) is 8.21. The number of amides is 2. The van der Waals surface area contributed by atoms with Gasteiger partial charge in [0.05, 0.1) is 11.7 Å². The Balaban J connectivity index is 1.51. The average molecular weight is 380 g/mol. The molecule has 1 saturated heterocycles. The standard InChI is InChI=1S/C23H28N2O3/c26-21(20-11-7-18-28-20)24-14-8-15-25(17-16-24)22(27)23(12-5-2-6-13-23)19-9-3-1-4-10-19/h1,3-4,7,9-11,18H,2,5-6,8,12-17H2. The van der Waals surface area contributed by atoms with Crippen molar-refractivity contribution in [3.8, 4) is 0 Å². The monoisotopic (exact) mass is 380 g/mol. The summed E-state index contributed by atoms with van der Waals surface area (Å²) in [7, 11) is 0. The fourth-order valence-corrected chi connectivity index (χ4v) is 4.72. The summed E-state index contributed by atoms with van der Waals surface area (Å²) < 4.78 is 5.26. The molecule has 2 aliphatic rings. The summed E-state index contributed by atoms with van der Waals surface area (Å²) in [5, 5.41) is 0. The van der Waals surface area contributed by atoms with Gasteiger partial charge in [0.25, 0.3) is 5.91 Å². The SMILES string of the molecule is O=C(c1ccco1)N1CCCN(C(=O)C2(c3ccccc3)CCCCC2)CC1. The van der Waals surface area contributed by atoms with Crippen LogP contribution in [0, 0.1) is 0 Å². The summed E-state index contributed by atoms with van der Waals surface area (Å²) in [6, 6.07) is 13.7. The third-order valence-corrected chi connectivity index (χ3v) is 6.25. The number of hydrogen-bond donors (Lipinski definition) is 0. The zero-order chi connectivity index (χ0) is 19.4. The third kappa shape index (κ3) is 3.58. The van der Waals surface area contributed by atoms with E-state index in [0.29, 0.717) is 31.9 Å². The van der Waals surface area contributed by atoms with Crippen LogP contribution in [0.25, 0.3) is 0 Å². The lowest BCUT2D eigenvalue weighted by molar-refractivity contribution is -0.138. The van der Waals surface area contributed by atoms with Gasteiger partial charge in [-0.05, 0) is 37.0 Å². The highest BCUT2D eigenvalue weighted by atomic mass is 16.3. The number of rotatable bonds is 3. The van der Waals surface area contributed by atoms with Crippen LogP contribution in [0.4, 0.5) is 0 Å². The molecule has 4 rings (SSSR count). The van der Waals surface area contributed by atoms with Crippen molar-refractivity contribution in [2.45, 2.75) is 43.9 Å². The molecule has 28 heavy (non-hydrogen) atoms. The predicted octanol–water partition coefficient (Wildman–Crippen LogP) is 3.86. The van der Waals surface area contributed by atoms with Gasteiger partial charge >= 0.3 is 0 Å². The highest BCUT2D eigenvalue weighted by Gasteiger charge is 2.43. The summed E-state index contributed by atoms with van der Waals surface area (Å²) in [6.07, 6.45) is 7.54. The first-order valence-electron chi connectivity index (χ1n) is 10.4. The molecule has 1 aromatic heterocycles. The van der Waals surface area contributed by atoms with Crippen LogP contribution >= 0.6 is 0 Å². The maximum absolute atomic E-state index is 13.7. The molecule has 5 nitrogen and oxygen atoms in total. The van der Waals surface area contributed by atoms with Gasteiger partial charge in [0.1, 0.15) is 0 Å². The Morgan fingerprint density at radius 2 is 1.50 bits per heavy atom. The fraction of sp³-hybridized carbons (Fsp3) is 0.478. The Morgan fingerprint density at radius 1 is 0.786 bits per heavy atom. The number of carbonyl (C=O) groups is 2. The molecular weight excluding hydrogens is 352 g/mol. The molecule has 0 atom stereocenters.